The molecule has 1 aromatic carbocycles. The molecule has 0 bridgehead atoms. The van der Waals surface area contributed by atoms with Crippen LogP contribution in [0.3, 0.4) is 0 Å². The van der Waals surface area contributed by atoms with Crippen LogP contribution in [0.4, 0.5) is 0 Å². The van der Waals surface area contributed by atoms with Crippen LogP contribution in [0.15, 0.2) is 42.6 Å². The van der Waals surface area contributed by atoms with E-state index < -0.39 is 5.97 Å². The molecule has 26 heavy (non-hydrogen) atoms. The molecule has 2 aromatic heterocycles. The maximum atomic E-state index is 12.1. The van der Waals surface area contributed by atoms with Gasteiger partial charge in [0.2, 0.25) is 5.69 Å². The minimum Gasteiger partial charge on any atom is -0.461 e. The van der Waals surface area contributed by atoms with Gasteiger partial charge in [0.1, 0.15) is 10.9 Å². The highest BCUT2D eigenvalue weighted by molar-refractivity contribution is 6.30. The normalized spacial score (nSPS) is 10.4. The summed E-state index contributed by atoms with van der Waals surface area (Å²) in [5.74, 6) is -0.172. The lowest BCUT2D eigenvalue weighted by molar-refractivity contribution is 0.0514. The van der Waals surface area contributed by atoms with E-state index in [0.29, 0.717) is 21.5 Å². The van der Waals surface area contributed by atoms with Crippen molar-refractivity contribution >= 4 is 29.2 Å². The molecule has 0 amide bonds. The molecule has 0 unspecified atom stereocenters. The first kappa shape index (κ1) is 18.0. The molecule has 0 radical (unpaired) electrons. The van der Waals surface area contributed by atoms with Gasteiger partial charge in [0.25, 0.3) is 5.88 Å². The summed E-state index contributed by atoms with van der Waals surface area (Å²) in [6.07, 6.45) is 1.40. The number of ether oxygens (including phenoxy) is 2. The van der Waals surface area contributed by atoms with Gasteiger partial charge in [0.05, 0.1) is 12.8 Å². The molecule has 0 N–H and O–H groups in total. The van der Waals surface area contributed by atoms with Gasteiger partial charge in [-0.25, -0.2) is 9.78 Å². The van der Waals surface area contributed by atoms with E-state index in [1.807, 2.05) is 0 Å². The van der Waals surface area contributed by atoms with Crippen molar-refractivity contribution in [3.8, 4) is 23.0 Å². The Balaban J connectivity index is 2.02. The first-order valence-corrected chi connectivity index (χ1v) is 8.29. The first-order chi connectivity index (χ1) is 12.6. The van der Waals surface area contributed by atoms with Crippen molar-refractivity contribution in [1.82, 2.24) is 20.2 Å². The van der Waals surface area contributed by atoms with Gasteiger partial charge in [0.15, 0.2) is 5.82 Å². The molecule has 0 aliphatic carbocycles. The number of benzene rings is 1. The molecule has 0 saturated carbocycles. The van der Waals surface area contributed by atoms with Crippen LogP contribution in [-0.4, -0.2) is 32.7 Å². The second kappa shape index (κ2) is 8.07. The lowest BCUT2D eigenvalue weighted by Gasteiger charge is -2.09. The Morgan fingerprint density at radius 2 is 2.00 bits per heavy atom. The Bertz CT molecular complexity index is 936. The molecule has 7 nitrogen and oxygen atoms in total. The van der Waals surface area contributed by atoms with E-state index in [2.05, 4.69) is 20.2 Å². The molecular formula is C17H12Cl2N4O3. The van der Waals surface area contributed by atoms with Crippen molar-refractivity contribution in [2.24, 2.45) is 0 Å². The van der Waals surface area contributed by atoms with Crippen LogP contribution >= 0.6 is 23.2 Å². The third kappa shape index (κ3) is 4.25. The van der Waals surface area contributed by atoms with Gasteiger partial charge in [-0.05, 0) is 31.2 Å². The topological polar surface area (TPSA) is 87.1 Å². The monoisotopic (exact) mass is 390 g/mol. The molecule has 0 aliphatic rings. The van der Waals surface area contributed by atoms with E-state index in [0.717, 1.165) is 0 Å². The molecule has 0 atom stereocenters. The van der Waals surface area contributed by atoms with E-state index in [-0.39, 0.29) is 24.0 Å². The number of hydrogen-bond donors (Lipinski definition) is 0. The molecular weight excluding hydrogens is 379 g/mol. The molecule has 0 spiro atoms. The number of nitrogens with zero attached hydrogens (tertiary/aromatic N) is 4. The number of pyridine rings is 1. The average Bonchev–Trinajstić information content (AvgIpc) is 2.64. The third-order valence-corrected chi connectivity index (χ3v) is 3.58. The average molecular weight is 391 g/mol. The highest BCUT2D eigenvalue weighted by atomic mass is 35.5. The van der Waals surface area contributed by atoms with E-state index in [9.17, 15) is 4.79 Å². The molecule has 0 saturated heterocycles. The van der Waals surface area contributed by atoms with Crippen LogP contribution in [0.1, 0.15) is 17.4 Å². The highest BCUT2D eigenvalue weighted by Crippen LogP contribution is 2.26. The lowest BCUT2D eigenvalue weighted by atomic mass is 10.2. The predicted molar refractivity (Wildman–Crippen MR) is 95.6 cm³/mol. The number of rotatable bonds is 5. The summed E-state index contributed by atoms with van der Waals surface area (Å²) in [5.41, 5.74) is 0.479. The van der Waals surface area contributed by atoms with Gasteiger partial charge in [0, 0.05) is 10.6 Å². The molecule has 3 rings (SSSR count). The van der Waals surface area contributed by atoms with Crippen molar-refractivity contribution in [3.05, 3.63) is 58.5 Å². The molecule has 2 heterocycles. The van der Waals surface area contributed by atoms with Gasteiger partial charge < -0.3 is 9.47 Å². The van der Waals surface area contributed by atoms with Crippen LogP contribution in [0.2, 0.25) is 10.2 Å². The summed E-state index contributed by atoms with van der Waals surface area (Å²) < 4.78 is 10.6. The molecule has 0 fully saturated rings. The summed E-state index contributed by atoms with van der Waals surface area (Å²) in [6, 6.07) is 10.1. The van der Waals surface area contributed by atoms with Crippen molar-refractivity contribution < 1.29 is 14.3 Å². The number of hydrogen-bond acceptors (Lipinski definition) is 7. The number of aromatic nitrogens is 4. The van der Waals surface area contributed by atoms with Gasteiger partial charge in [-0.15, -0.1) is 10.2 Å². The van der Waals surface area contributed by atoms with E-state index in [1.165, 1.54) is 6.20 Å². The smallest absolute Gasteiger partial charge is 0.364 e. The van der Waals surface area contributed by atoms with Gasteiger partial charge in [-0.1, -0.05) is 35.3 Å². The van der Waals surface area contributed by atoms with Crippen LogP contribution in [0.25, 0.3) is 11.4 Å². The number of halogens is 2. The number of carbonyl (C=O) groups is 1. The van der Waals surface area contributed by atoms with E-state index >= 15 is 0 Å². The minimum atomic E-state index is -0.693. The zero-order valence-corrected chi connectivity index (χ0v) is 15.0. The minimum absolute atomic E-state index is 0.0578. The Hall–Kier alpha value is -2.77. The second-order valence-corrected chi connectivity index (χ2v) is 5.76. The third-order valence-electron chi connectivity index (χ3n) is 3.12. The second-order valence-electron chi connectivity index (χ2n) is 4.94. The molecule has 9 heteroatoms. The Kier molecular flexibility index (Phi) is 5.60. The van der Waals surface area contributed by atoms with Crippen molar-refractivity contribution in [3.63, 3.8) is 0 Å². The largest absolute Gasteiger partial charge is 0.461 e. The fourth-order valence-corrected chi connectivity index (χ4v) is 2.30. The van der Waals surface area contributed by atoms with Gasteiger partial charge >= 0.3 is 5.97 Å². The molecule has 3 aromatic rings. The predicted octanol–water partition coefficient (Wildman–Crippen LogP) is 4.21. The Morgan fingerprint density at radius 3 is 2.69 bits per heavy atom. The first-order valence-electron chi connectivity index (χ1n) is 7.54. The van der Waals surface area contributed by atoms with Crippen LogP contribution in [-0.2, 0) is 4.74 Å². The summed E-state index contributed by atoms with van der Waals surface area (Å²) in [5, 5.41) is 8.71. The van der Waals surface area contributed by atoms with Gasteiger partial charge in [-0.3, -0.25) is 0 Å². The zero-order valence-electron chi connectivity index (χ0n) is 13.5. The summed E-state index contributed by atoms with van der Waals surface area (Å²) in [6.45, 7) is 1.86. The van der Waals surface area contributed by atoms with Crippen molar-refractivity contribution in [2.75, 3.05) is 6.61 Å². The van der Waals surface area contributed by atoms with E-state index in [4.69, 9.17) is 32.7 Å². The van der Waals surface area contributed by atoms with Gasteiger partial charge in [-0.2, -0.15) is 4.98 Å². The maximum Gasteiger partial charge on any atom is 0.364 e. The quantitative estimate of drug-likeness (QED) is 0.476. The molecule has 132 valence electrons. The maximum absolute atomic E-state index is 12.1. The van der Waals surface area contributed by atoms with Crippen molar-refractivity contribution in [2.45, 2.75) is 6.92 Å². The summed E-state index contributed by atoms with van der Waals surface area (Å²) in [4.78, 5) is 20.3. The summed E-state index contributed by atoms with van der Waals surface area (Å²) in [7, 11) is 0. The number of esters is 1. The van der Waals surface area contributed by atoms with E-state index in [1.54, 1.807) is 43.3 Å². The SMILES string of the molecule is CCOC(=O)c1nnc(-c2cccc(Cl)c2)nc1Oc1ccc(Cl)nc1. The van der Waals surface area contributed by atoms with Crippen molar-refractivity contribution in [1.29, 1.82) is 0 Å². The zero-order chi connectivity index (χ0) is 18.5. The van der Waals surface area contributed by atoms with Crippen LogP contribution in [0.5, 0.6) is 11.6 Å². The fraction of sp³-hybridized carbons (Fsp3) is 0.118. The molecule has 0 aliphatic heterocycles. The Labute approximate surface area is 158 Å². The summed E-state index contributed by atoms with van der Waals surface area (Å²) >= 11 is 11.8. The lowest BCUT2D eigenvalue weighted by Crippen LogP contribution is -2.12. The number of carbonyl (C=O) groups excluding carboxylic acids is 1. The highest BCUT2D eigenvalue weighted by Gasteiger charge is 2.21. The Morgan fingerprint density at radius 1 is 1.15 bits per heavy atom. The standard InChI is InChI=1S/C17H12Cl2N4O3/c1-2-25-17(24)14-16(26-12-6-7-13(19)20-9-12)21-15(23-22-14)10-4-3-5-11(18)8-10/h3-9H,2H2,1H3. The fourth-order valence-electron chi connectivity index (χ4n) is 1.99. The van der Waals surface area contributed by atoms with Crippen LogP contribution < -0.4 is 4.74 Å². The van der Waals surface area contributed by atoms with Crippen LogP contribution in [0, 0.1) is 0 Å².